The zero-order chi connectivity index (χ0) is 13.4. The van der Waals surface area contributed by atoms with E-state index in [-0.39, 0.29) is 5.60 Å². The van der Waals surface area contributed by atoms with E-state index in [0.717, 1.165) is 13.0 Å². The first kappa shape index (κ1) is 16.9. The Morgan fingerprint density at radius 1 is 0.765 bits per heavy atom. The van der Waals surface area contributed by atoms with Crippen LogP contribution in [0.2, 0.25) is 0 Å². The molecule has 104 valence electrons. The number of hydrogen-bond acceptors (Lipinski definition) is 3. The highest BCUT2D eigenvalue weighted by atomic mass is 16.5. The van der Waals surface area contributed by atoms with Crippen molar-refractivity contribution in [2.75, 3.05) is 33.0 Å². The van der Waals surface area contributed by atoms with Crippen LogP contribution in [-0.4, -0.2) is 38.6 Å². The van der Waals surface area contributed by atoms with Gasteiger partial charge in [0, 0.05) is 6.61 Å². The minimum atomic E-state index is -0.0818. The van der Waals surface area contributed by atoms with Crippen LogP contribution in [0.4, 0.5) is 0 Å². The van der Waals surface area contributed by atoms with E-state index in [1.807, 2.05) is 6.92 Å². The first-order valence-electron chi connectivity index (χ1n) is 6.56. The van der Waals surface area contributed by atoms with Gasteiger partial charge in [0.15, 0.2) is 0 Å². The van der Waals surface area contributed by atoms with E-state index in [0.29, 0.717) is 31.8 Å². The Hall–Kier alpha value is -0.120. The summed E-state index contributed by atoms with van der Waals surface area (Å²) in [7, 11) is 0. The standard InChI is InChI=1S/C14H30O3/c1-7-15-8-9-16-10-11-17-14(5,6)12-13(2,3)4/h7-12H2,1-6H3. The summed E-state index contributed by atoms with van der Waals surface area (Å²) in [5.74, 6) is 0. The van der Waals surface area contributed by atoms with Crippen LogP contribution >= 0.6 is 0 Å². The molecule has 0 amide bonds. The molecule has 0 radical (unpaired) electrons. The first-order chi connectivity index (χ1) is 7.77. The third kappa shape index (κ3) is 12.1. The highest BCUT2D eigenvalue weighted by molar-refractivity contribution is 4.76. The van der Waals surface area contributed by atoms with Gasteiger partial charge in [0.1, 0.15) is 0 Å². The molecule has 3 heteroatoms. The lowest BCUT2D eigenvalue weighted by atomic mass is 9.84. The molecule has 0 aliphatic rings. The Labute approximate surface area is 107 Å². The predicted molar refractivity (Wildman–Crippen MR) is 71.4 cm³/mol. The van der Waals surface area contributed by atoms with E-state index in [2.05, 4.69) is 34.6 Å². The van der Waals surface area contributed by atoms with Crippen LogP contribution in [0.3, 0.4) is 0 Å². The van der Waals surface area contributed by atoms with Crippen LogP contribution in [0.15, 0.2) is 0 Å². The van der Waals surface area contributed by atoms with Crippen LogP contribution in [0.25, 0.3) is 0 Å². The molecular weight excluding hydrogens is 216 g/mol. The molecule has 0 N–H and O–H groups in total. The largest absolute Gasteiger partial charge is 0.379 e. The van der Waals surface area contributed by atoms with Crippen molar-refractivity contribution in [3.63, 3.8) is 0 Å². The van der Waals surface area contributed by atoms with Crippen LogP contribution < -0.4 is 0 Å². The van der Waals surface area contributed by atoms with Gasteiger partial charge in [-0.15, -0.1) is 0 Å². The molecule has 0 atom stereocenters. The maximum absolute atomic E-state index is 5.85. The van der Waals surface area contributed by atoms with Gasteiger partial charge in [-0.2, -0.15) is 0 Å². The molecule has 0 unspecified atom stereocenters. The van der Waals surface area contributed by atoms with Gasteiger partial charge in [-0.3, -0.25) is 0 Å². The van der Waals surface area contributed by atoms with Crippen molar-refractivity contribution in [3.8, 4) is 0 Å². The van der Waals surface area contributed by atoms with Gasteiger partial charge < -0.3 is 14.2 Å². The highest BCUT2D eigenvalue weighted by Gasteiger charge is 2.25. The van der Waals surface area contributed by atoms with Gasteiger partial charge in [0.05, 0.1) is 32.0 Å². The molecule has 0 aliphatic carbocycles. The Morgan fingerprint density at radius 2 is 1.29 bits per heavy atom. The van der Waals surface area contributed by atoms with E-state index in [9.17, 15) is 0 Å². The lowest BCUT2D eigenvalue weighted by Gasteiger charge is -2.32. The highest BCUT2D eigenvalue weighted by Crippen LogP contribution is 2.29. The maximum atomic E-state index is 5.85. The van der Waals surface area contributed by atoms with Crippen LogP contribution in [0, 0.1) is 5.41 Å². The van der Waals surface area contributed by atoms with Gasteiger partial charge in [0.2, 0.25) is 0 Å². The van der Waals surface area contributed by atoms with E-state index in [4.69, 9.17) is 14.2 Å². The third-order valence-corrected chi connectivity index (χ3v) is 2.25. The fraction of sp³-hybridized carbons (Fsp3) is 1.00. The van der Waals surface area contributed by atoms with E-state index >= 15 is 0 Å². The normalized spacial score (nSPS) is 13.1. The van der Waals surface area contributed by atoms with Crippen molar-refractivity contribution in [1.29, 1.82) is 0 Å². The van der Waals surface area contributed by atoms with Gasteiger partial charge in [-0.25, -0.2) is 0 Å². The van der Waals surface area contributed by atoms with Crippen molar-refractivity contribution >= 4 is 0 Å². The lowest BCUT2D eigenvalue weighted by Crippen LogP contribution is -2.31. The van der Waals surface area contributed by atoms with Crippen LogP contribution in [-0.2, 0) is 14.2 Å². The summed E-state index contributed by atoms with van der Waals surface area (Å²) >= 11 is 0. The number of hydrogen-bond donors (Lipinski definition) is 0. The second kappa shape index (κ2) is 8.06. The SMILES string of the molecule is CCOCCOCCOC(C)(C)CC(C)(C)C. The average Bonchev–Trinajstić information content (AvgIpc) is 2.12. The third-order valence-electron chi connectivity index (χ3n) is 2.25. The maximum Gasteiger partial charge on any atom is 0.0707 e. The Kier molecular flexibility index (Phi) is 8.01. The summed E-state index contributed by atoms with van der Waals surface area (Å²) in [6, 6.07) is 0. The molecule has 3 nitrogen and oxygen atoms in total. The molecule has 0 aromatic carbocycles. The molecule has 0 fully saturated rings. The van der Waals surface area contributed by atoms with Gasteiger partial charge in [-0.1, -0.05) is 20.8 Å². The quantitative estimate of drug-likeness (QED) is 0.584. The van der Waals surface area contributed by atoms with Crippen molar-refractivity contribution in [1.82, 2.24) is 0 Å². The molecular formula is C14H30O3. The van der Waals surface area contributed by atoms with Crippen molar-refractivity contribution in [2.45, 2.75) is 53.6 Å². The zero-order valence-corrected chi connectivity index (χ0v) is 12.5. The molecule has 0 rings (SSSR count). The summed E-state index contributed by atoms with van der Waals surface area (Å²) in [4.78, 5) is 0. The molecule has 0 bridgehead atoms. The smallest absolute Gasteiger partial charge is 0.0707 e. The summed E-state index contributed by atoms with van der Waals surface area (Å²) in [6.45, 7) is 16.3. The Bertz CT molecular complexity index is 182. The van der Waals surface area contributed by atoms with Crippen LogP contribution in [0.5, 0.6) is 0 Å². The first-order valence-corrected chi connectivity index (χ1v) is 6.56. The van der Waals surface area contributed by atoms with E-state index < -0.39 is 0 Å². The Balaban J connectivity index is 3.52. The molecule has 0 spiro atoms. The molecule has 17 heavy (non-hydrogen) atoms. The minimum Gasteiger partial charge on any atom is -0.379 e. The molecule has 0 saturated carbocycles. The van der Waals surface area contributed by atoms with Crippen molar-refractivity contribution in [2.24, 2.45) is 5.41 Å². The second-order valence-corrected chi connectivity index (χ2v) is 6.15. The average molecular weight is 246 g/mol. The van der Waals surface area contributed by atoms with Gasteiger partial charge in [0.25, 0.3) is 0 Å². The van der Waals surface area contributed by atoms with E-state index in [1.165, 1.54) is 0 Å². The van der Waals surface area contributed by atoms with Crippen molar-refractivity contribution in [3.05, 3.63) is 0 Å². The Morgan fingerprint density at radius 3 is 1.82 bits per heavy atom. The molecule has 0 heterocycles. The summed E-state index contributed by atoms with van der Waals surface area (Å²) in [5, 5.41) is 0. The van der Waals surface area contributed by atoms with Crippen molar-refractivity contribution < 1.29 is 14.2 Å². The van der Waals surface area contributed by atoms with E-state index in [1.54, 1.807) is 0 Å². The summed E-state index contributed by atoms with van der Waals surface area (Å²) in [6.07, 6.45) is 1.04. The molecule has 0 aliphatic heterocycles. The van der Waals surface area contributed by atoms with Crippen LogP contribution in [0.1, 0.15) is 48.0 Å². The fourth-order valence-electron chi connectivity index (χ4n) is 2.07. The minimum absolute atomic E-state index is 0.0818. The monoisotopic (exact) mass is 246 g/mol. The molecule has 0 aromatic rings. The number of rotatable bonds is 9. The molecule has 0 aromatic heterocycles. The fourth-order valence-corrected chi connectivity index (χ4v) is 2.07. The zero-order valence-electron chi connectivity index (χ0n) is 12.5. The lowest BCUT2D eigenvalue weighted by molar-refractivity contribution is -0.0688. The second-order valence-electron chi connectivity index (χ2n) is 6.15. The topological polar surface area (TPSA) is 27.7 Å². The number of ether oxygens (including phenoxy) is 3. The van der Waals surface area contributed by atoms with Gasteiger partial charge >= 0.3 is 0 Å². The molecule has 0 saturated heterocycles. The summed E-state index contributed by atoms with van der Waals surface area (Å²) < 4.78 is 16.4. The van der Waals surface area contributed by atoms with Gasteiger partial charge in [-0.05, 0) is 32.6 Å². The predicted octanol–water partition coefficient (Wildman–Crippen LogP) is 3.27. The summed E-state index contributed by atoms with van der Waals surface area (Å²) in [5.41, 5.74) is 0.209.